The fourth-order valence-corrected chi connectivity index (χ4v) is 1.46. The molecular weight excluding hydrogens is 186 g/mol. The summed E-state index contributed by atoms with van der Waals surface area (Å²) in [7, 11) is 1.82. The van der Waals surface area contributed by atoms with Crippen LogP contribution in [0.1, 0.15) is 36.2 Å². The molecule has 0 heterocycles. The maximum Gasteiger partial charge on any atom is 0.159 e. The van der Waals surface area contributed by atoms with E-state index in [9.17, 15) is 4.79 Å². The van der Waals surface area contributed by atoms with E-state index in [1.807, 2.05) is 31.3 Å². The van der Waals surface area contributed by atoms with E-state index >= 15 is 0 Å². The molecule has 0 aliphatic carbocycles. The Morgan fingerprint density at radius 1 is 1.27 bits per heavy atom. The molecule has 15 heavy (non-hydrogen) atoms. The number of carbonyl (C=O) groups excluding carboxylic acids is 1. The first-order valence-corrected chi connectivity index (χ1v) is 5.21. The first-order valence-electron chi connectivity index (χ1n) is 5.21. The molecule has 80 valence electrons. The molecule has 0 spiro atoms. The largest absolute Gasteiger partial charge is 0.297 e. The van der Waals surface area contributed by atoms with Gasteiger partial charge in [0.2, 0.25) is 0 Å². The zero-order chi connectivity index (χ0) is 11.3. The minimum atomic E-state index is 0.112. The lowest BCUT2D eigenvalue weighted by atomic mass is 10.0. The van der Waals surface area contributed by atoms with Gasteiger partial charge in [-0.1, -0.05) is 31.2 Å². The lowest BCUT2D eigenvalue weighted by Crippen LogP contribution is -2.01. The maximum absolute atomic E-state index is 11.1. The number of hydrogen-bond acceptors (Lipinski definition) is 2. The summed E-state index contributed by atoms with van der Waals surface area (Å²) in [5.41, 5.74) is 3.17. The summed E-state index contributed by atoms with van der Waals surface area (Å²) in [6.45, 7) is 3.69. The monoisotopic (exact) mass is 203 g/mol. The molecule has 0 amide bonds. The summed E-state index contributed by atoms with van der Waals surface area (Å²) < 4.78 is 0. The normalized spacial score (nSPS) is 11.5. The van der Waals surface area contributed by atoms with E-state index < -0.39 is 0 Å². The molecule has 0 aromatic heterocycles. The summed E-state index contributed by atoms with van der Waals surface area (Å²) in [5, 5.41) is 0. The second-order valence-corrected chi connectivity index (χ2v) is 3.57. The van der Waals surface area contributed by atoms with Gasteiger partial charge in [-0.2, -0.15) is 0 Å². The molecule has 2 nitrogen and oxygen atoms in total. The number of rotatable bonds is 4. The minimum absolute atomic E-state index is 0.112. The van der Waals surface area contributed by atoms with Crippen LogP contribution in [0.25, 0.3) is 0 Å². The van der Waals surface area contributed by atoms with Gasteiger partial charge in [-0.15, -0.1) is 0 Å². The first kappa shape index (κ1) is 11.6. The van der Waals surface area contributed by atoms with Gasteiger partial charge in [-0.25, -0.2) is 0 Å². The molecule has 0 bridgehead atoms. The Labute approximate surface area is 91.0 Å². The lowest BCUT2D eigenvalue weighted by Gasteiger charge is -2.03. The second-order valence-electron chi connectivity index (χ2n) is 3.57. The van der Waals surface area contributed by atoms with Crippen LogP contribution in [0.15, 0.2) is 29.3 Å². The van der Waals surface area contributed by atoms with E-state index in [0.717, 1.165) is 18.4 Å². The fourth-order valence-electron chi connectivity index (χ4n) is 1.46. The van der Waals surface area contributed by atoms with Crippen LogP contribution >= 0.6 is 0 Å². The van der Waals surface area contributed by atoms with Crippen molar-refractivity contribution >= 4 is 11.5 Å². The predicted octanol–water partition coefficient (Wildman–Crippen LogP) is 2.91. The molecule has 2 heteroatoms. The SMILES string of the molecule is CC/C(Cc1ccc(C(C)=O)cc1)=N\C. The zero-order valence-electron chi connectivity index (χ0n) is 9.58. The summed E-state index contributed by atoms with van der Waals surface area (Å²) in [5.74, 6) is 0.112. The van der Waals surface area contributed by atoms with Crippen molar-refractivity contribution in [3.05, 3.63) is 35.4 Å². The highest BCUT2D eigenvalue weighted by Crippen LogP contribution is 2.07. The summed E-state index contributed by atoms with van der Waals surface area (Å²) >= 11 is 0. The van der Waals surface area contributed by atoms with Gasteiger partial charge in [0.25, 0.3) is 0 Å². The predicted molar refractivity (Wildman–Crippen MR) is 63.8 cm³/mol. The molecular formula is C13H17NO. The lowest BCUT2D eigenvalue weighted by molar-refractivity contribution is 0.101. The second kappa shape index (κ2) is 5.44. The molecule has 0 N–H and O–H groups in total. The topological polar surface area (TPSA) is 29.4 Å². The Bertz CT molecular complexity index is 363. The molecule has 1 aromatic carbocycles. The van der Waals surface area contributed by atoms with E-state index in [-0.39, 0.29) is 5.78 Å². The highest BCUT2D eigenvalue weighted by atomic mass is 16.1. The van der Waals surface area contributed by atoms with Crippen LogP contribution in [0.2, 0.25) is 0 Å². The number of hydrogen-bond donors (Lipinski definition) is 0. The van der Waals surface area contributed by atoms with Gasteiger partial charge in [-0.3, -0.25) is 9.79 Å². The van der Waals surface area contributed by atoms with Crippen LogP contribution < -0.4 is 0 Å². The average Bonchev–Trinajstić information content (AvgIpc) is 2.26. The third kappa shape index (κ3) is 3.31. The van der Waals surface area contributed by atoms with Gasteiger partial charge < -0.3 is 0 Å². The van der Waals surface area contributed by atoms with E-state index in [1.54, 1.807) is 6.92 Å². The van der Waals surface area contributed by atoms with Crippen molar-refractivity contribution < 1.29 is 4.79 Å². The van der Waals surface area contributed by atoms with Gasteiger partial charge in [-0.05, 0) is 18.9 Å². The number of nitrogens with zero attached hydrogens (tertiary/aromatic N) is 1. The van der Waals surface area contributed by atoms with E-state index in [1.165, 1.54) is 11.3 Å². The van der Waals surface area contributed by atoms with Crippen LogP contribution in [0, 0.1) is 0 Å². The molecule has 0 fully saturated rings. The third-order valence-corrected chi connectivity index (χ3v) is 2.49. The van der Waals surface area contributed by atoms with Crippen molar-refractivity contribution in [1.29, 1.82) is 0 Å². The van der Waals surface area contributed by atoms with Crippen molar-refractivity contribution in [2.24, 2.45) is 4.99 Å². The Morgan fingerprint density at radius 3 is 2.27 bits per heavy atom. The zero-order valence-corrected chi connectivity index (χ0v) is 9.58. The summed E-state index contributed by atoms with van der Waals surface area (Å²) in [6.07, 6.45) is 1.86. The van der Waals surface area contributed by atoms with Gasteiger partial charge in [0.15, 0.2) is 5.78 Å². The Kier molecular flexibility index (Phi) is 4.22. The van der Waals surface area contributed by atoms with Crippen LogP contribution in [-0.2, 0) is 6.42 Å². The number of carbonyl (C=O) groups is 1. The number of benzene rings is 1. The highest BCUT2D eigenvalue weighted by Gasteiger charge is 2.01. The van der Waals surface area contributed by atoms with Gasteiger partial charge >= 0.3 is 0 Å². The Hall–Kier alpha value is -1.44. The summed E-state index contributed by atoms with van der Waals surface area (Å²) in [4.78, 5) is 15.3. The van der Waals surface area contributed by atoms with Crippen molar-refractivity contribution in [2.45, 2.75) is 26.7 Å². The van der Waals surface area contributed by atoms with Crippen molar-refractivity contribution in [3.63, 3.8) is 0 Å². The summed E-state index contributed by atoms with van der Waals surface area (Å²) in [6, 6.07) is 7.75. The van der Waals surface area contributed by atoms with Crippen LogP contribution in [-0.4, -0.2) is 18.5 Å². The minimum Gasteiger partial charge on any atom is -0.297 e. The Morgan fingerprint density at radius 2 is 1.87 bits per heavy atom. The van der Waals surface area contributed by atoms with Gasteiger partial charge in [0, 0.05) is 24.7 Å². The van der Waals surface area contributed by atoms with Crippen molar-refractivity contribution in [1.82, 2.24) is 0 Å². The highest BCUT2D eigenvalue weighted by molar-refractivity contribution is 5.94. The molecule has 0 atom stereocenters. The Balaban J connectivity index is 2.76. The van der Waals surface area contributed by atoms with Crippen LogP contribution in [0.3, 0.4) is 0 Å². The quantitative estimate of drug-likeness (QED) is 0.546. The van der Waals surface area contributed by atoms with E-state index in [0.29, 0.717) is 0 Å². The number of ketones is 1. The molecule has 1 aromatic rings. The molecule has 0 unspecified atom stereocenters. The molecule has 0 aliphatic rings. The standard InChI is InChI=1S/C13H17NO/c1-4-13(14-3)9-11-5-7-12(8-6-11)10(2)15/h5-8H,4,9H2,1-3H3/b14-13+. The van der Waals surface area contributed by atoms with Crippen LogP contribution in [0.5, 0.6) is 0 Å². The smallest absolute Gasteiger partial charge is 0.159 e. The molecule has 0 saturated heterocycles. The van der Waals surface area contributed by atoms with E-state index in [2.05, 4.69) is 11.9 Å². The van der Waals surface area contributed by atoms with Crippen molar-refractivity contribution in [2.75, 3.05) is 7.05 Å². The maximum atomic E-state index is 11.1. The van der Waals surface area contributed by atoms with Crippen molar-refractivity contribution in [3.8, 4) is 0 Å². The van der Waals surface area contributed by atoms with Gasteiger partial charge in [0.1, 0.15) is 0 Å². The molecule has 0 aliphatic heterocycles. The fraction of sp³-hybridized carbons (Fsp3) is 0.385. The number of Topliss-reactive ketones (excluding diaryl/α,β-unsaturated/α-hetero) is 1. The third-order valence-electron chi connectivity index (χ3n) is 2.49. The van der Waals surface area contributed by atoms with E-state index in [4.69, 9.17) is 0 Å². The molecule has 0 saturated carbocycles. The van der Waals surface area contributed by atoms with Gasteiger partial charge in [0.05, 0.1) is 0 Å². The average molecular weight is 203 g/mol. The first-order chi connectivity index (χ1) is 7.17. The molecule has 0 radical (unpaired) electrons. The molecule has 1 rings (SSSR count). The van der Waals surface area contributed by atoms with Crippen LogP contribution in [0.4, 0.5) is 0 Å². The number of aliphatic imine (C=N–C) groups is 1.